The van der Waals surface area contributed by atoms with E-state index < -0.39 is 16.1 Å². The van der Waals surface area contributed by atoms with Crippen LogP contribution < -0.4 is 14.8 Å². The van der Waals surface area contributed by atoms with Crippen molar-refractivity contribution in [1.82, 2.24) is 14.9 Å². The first kappa shape index (κ1) is 25.7. The van der Waals surface area contributed by atoms with Crippen LogP contribution in [0.1, 0.15) is 45.2 Å². The fourth-order valence-electron chi connectivity index (χ4n) is 3.94. The SMILES string of the molecule is C=CCOc1cc(Cl)c(Cl)cc1[C@H](N[S+]([O-])C(C)(C)C)C1CCN(C(=O)C2CNC2)CC1. The van der Waals surface area contributed by atoms with Crippen molar-refractivity contribution in [2.75, 3.05) is 32.8 Å². The maximum atomic E-state index is 13.1. The van der Waals surface area contributed by atoms with Crippen molar-refractivity contribution >= 4 is 40.5 Å². The fraction of sp³-hybridized carbons (Fsp3) is 0.609. The molecule has 0 radical (unpaired) electrons. The number of benzene rings is 1. The minimum Gasteiger partial charge on any atom is -0.598 e. The molecule has 2 heterocycles. The molecule has 0 spiro atoms. The van der Waals surface area contributed by atoms with Crippen molar-refractivity contribution in [3.63, 3.8) is 0 Å². The number of halogens is 2. The summed E-state index contributed by atoms with van der Waals surface area (Å²) in [6, 6.07) is 3.25. The zero-order chi connectivity index (χ0) is 23.5. The number of piperidine rings is 1. The summed E-state index contributed by atoms with van der Waals surface area (Å²) in [6.45, 7) is 12.7. The normalized spacial score (nSPS) is 19.9. The number of hydrogen-bond donors (Lipinski definition) is 2. The van der Waals surface area contributed by atoms with E-state index in [1.165, 1.54) is 0 Å². The van der Waals surface area contributed by atoms with Crippen LogP contribution in [-0.2, 0) is 16.2 Å². The lowest BCUT2D eigenvalue weighted by Gasteiger charge is -2.40. The van der Waals surface area contributed by atoms with E-state index in [2.05, 4.69) is 16.6 Å². The number of hydrogen-bond acceptors (Lipinski definition) is 5. The largest absolute Gasteiger partial charge is 0.598 e. The van der Waals surface area contributed by atoms with Crippen LogP contribution >= 0.6 is 23.2 Å². The van der Waals surface area contributed by atoms with Crippen LogP contribution in [0.2, 0.25) is 10.0 Å². The highest BCUT2D eigenvalue weighted by Gasteiger charge is 2.38. The summed E-state index contributed by atoms with van der Waals surface area (Å²) in [5.74, 6) is 1.09. The van der Waals surface area contributed by atoms with E-state index in [-0.39, 0.29) is 23.8 Å². The summed E-state index contributed by atoms with van der Waals surface area (Å²) in [4.78, 5) is 14.6. The van der Waals surface area contributed by atoms with Gasteiger partial charge in [-0.1, -0.05) is 35.9 Å². The maximum absolute atomic E-state index is 13.1. The van der Waals surface area contributed by atoms with Gasteiger partial charge in [0.05, 0.1) is 22.0 Å². The van der Waals surface area contributed by atoms with Crippen LogP contribution in [0.4, 0.5) is 0 Å². The topological polar surface area (TPSA) is 76.7 Å². The van der Waals surface area contributed by atoms with Gasteiger partial charge in [-0.2, -0.15) is 0 Å². The summed E-state index contributed by atoms with van der Waals surface area (Å²) in [5, 5.41) is 3.99. The summed E-state index contributed by atoms with van der Waals surface area (Å²) in [5.41, 5.74) is 0.826. The smallest absolute Gasteiger partial charge is 0.228 e. The van der Waals surface area contributed by atoms with E-state index in [1.54, 1.807) is 18.2 Å². The zero-order valence-electron chi connectivity index (χ0n) is 19.0. The molecule has 2 saturated heterocycles. The molecule has 9 heteroatoms. The summed E-state index contributed by atoms with van der Waals surface area (Å²) >= 11 is 11.3. The number of rotatable bonds is 8. The third-order valence-corrected chi connectivity index (χ3v) is 8.29. The number of amides is 1. The first-order valence-electron chi connectivity index (χ1n) is 11.0. The maximum Gasteiger partial charge on any atom is 0.228 e. The van der Waals surface area contributed by atoms with Crippen molar-refractivity contribution in [2.45, 2.75) is 44.4 Å². The zero-order valence-corrected chi connectivity index (χ0v) is 21.3. The molecule has 0 aromatic heterocycles. The van der Waals surface area contributed by atoms with Crippen LogP contribution in [0.5, 0.6) is 5.75 Å². The lowest BCUT2D eigenvalue weighted by Crippen LogP contribution is -2.54. The van der Waals surface area contributed by atoms with E-state index in [9.17, 15) is 9.35 Å². The molecule has 1 amide bonds. The van der Waals surface area contributed by atoms with Crippen molar-refractivity contribution in [1.29, 1.82) is 0 Å². The van der Waals surface area contributed by atoms with Gasteiger partial charge >= 0.3 is 0 Å². The summed E-state index contributed by atoms with van der Waals surface area (Å²) in [7, 11) is 0. The highest BCUT2D eigenvalue weighted by Crippen LogP contribution is 2.41. The van der Waals surface area contributed by atoms with E-state index in [1.807, 2.05) is 25.7 Å². The van der Waals surface area contributed by atoms with Crippen molar-refractivity contribution in [3.05, 3.63) is 40.4 Å². The molecule has 2 aliphatic heterocycles. The molecular weight excluding hydrogens is 469 g/mol. The molecule has 2 fully saturated rings. The molecule has 0 bridgehead atoms. The van der Waals surface area contributed by atoms with Gasteiger partial charge in [0.2, 0.25) is 5.91 Å². The Kier molecular flexibility index (Phi) is 8.80. The van der Waals surface area contributed by atoms with Crippen LogP contribution in [0, 0.1) is 11.8 Å². The Hall–Kier alpha value is -0.960. The lowest BCUT2D eigenvalue weighted by atomic mass is 9.85. The first-order valence-corrected chi connectivity index (χ1v) is 12.9. The Morgan fingerprint density at radius 2 is 1.97 bits per heavy atom. The van der Waals surface area contributed by atoms with Crippen LogP contribution in [-0.4, -0.2) is 52.9 Å². The third kappa shape index (κ3) is 6.13. The number of carbonyl (C=O) groups is 1. The molecule has 0 saturated carbocycles. The van der Waals surface area contributed by atoms with Gasteiger partial charge in [-0.15, -0.1) is 4.72 Å². The monoisotopic (exact) mass is 501 g/mol. The molecule has 2 atom stereocenters. The van der Waals surface area contributed by atoms with Gasteiger partial charge < -0.3 is 19.5 Å². The van der Waals surface area contributed by atoms with Crippen molar-refractivity contribution in [2.24, 2.45) is 11.8 Å². The molecule has 3 rings (SSSR count). The second kappa shape index (κ2) is 11.0. The molecule has 2 aliphatic rings. The Bertz CT molecular complexity index is 821. The summed E-state index contributed by atoms with van der Waals surface area (Å²) in [6.07, 6.45) is 3.26. The van der Waals surface area contributed by atoms with E-state index in [0.29, 0.717) is 35.5 Å². The van der Waals surface area contributed by atoms with Gasteiger partial charge in [0.25, 0.3) is 0 Å². The van der Waals surface area contributed by atoms with Crippen molar-refractivity contribution in [3.8, 4) is 5.75 Å². The van der Waals surface area contributed by atoms with Gasteiger partial charge in [0.1, 0.15) is 17.1 Å². The van der Waals surface area contributed by atoms with Gasteiger partial charge in [-0.25, -0.2) is 0 Å². The Morgan fingerprint density at radius 1 is 1.34 bits per heavy atom. The Labute approximate surface area is 204 Å². The van der Waals surface area contributed by atoms with E-state index >= 15 is 0 Å². The molecule has 32 heavy (non-hydrogen) atoms. The molecule has 1 aromatic rings. The summed E-state index contributed by atoms with van der Waals surface area (Å²) < 4.78 is 21.9. The Balaban J connectivity index is 1.85. The highest BCUT2D eigenvalue weighted by atomic mass is 35.5. The minimum absolute atomic E-state index is 0.0999. The quantitative estimate of drug-likeness (QED) is 0.414. The average Bonchev–Trinajstić information content (AvgIpc) is 2.70. The van der Waals surface area contributed by atoms with Gasteiger partial charge in [0.15, 0.2) is 0 Å². The molecule has 1 aromatic carbocycles. The molecule has 2 N–H and O–H groups in total. The van der Waals surface area contributed by atoms with Crippen LogP contribution in [0.25, 0.3) is 0 Å². The predicted molar refractivity (Wildman–Crippen MR) is 132 cm³/mol. The van der Waals surface area contributed by atoms with Gasteiger partial charge in [0, 0.05) is 49.2 Å². The standard InChI is InChI=1S/C23H33Cl2N3O3S/c1-5-10-31-20-12-19(25)18(24)11-17(20)21(27-32(30)23(2,3)4)15-6-8-28(9-7-15)22(29)16-13-26-14-16/h5,11-12,15-16,21,26-27H,1,6-10,13-14H2,2-4H3/t21-,32?/m1/s1. The molecule has 1 unspecified atom stereocenters. The van der Waals surface area contributed by atoms with Gasteiger partial charge in [-0.3, -0.25) is 4.79 Å². The second-order valence-electron chi connectivity index (χ2n) is 9.40. The second-order valence-corrected chi connectivity index (χ2v) is 12.2. The predicted octanol–water partition coefficient (Wildman–Crippen LogP) is 4.11. The lowest BCUT2D eigenvalue weighted by molar-refractivity contribution is -0.138. The van der Waals surface area contributed by atoms with E-state index in [4.69, 9.17) is 27.9 Å². The molecular formula is C23H33Cl2N3O3S. The number of carbonyl (C=O) groups excluding carboxylic acids is 1. The third-order valence-electron chi connectivity index (χ3n) is 5.99. The molecule has 6 nitrogen and oxygen atoms in total. The highest BCUT2D eigenvalue weighted by molar-refractivity contribution is 7.90. The Morgan fingerprint density at radius 3 is 2.50 bits per heavy atom. The van der Waals surface area contributed by atoms with Crippen LogP contribution in [0.15, 0.2) is 24.8 Å². The average molecular weight is 503 g/mol. The minimum atomic E-state index is -1.30. The van der Waals surface area contributed by atoms with Gasteiger partial charge in [-0.05, 0) is 45.6 Å². The number of nitrogens with one attached hydrogen (secondary N) is 2. The first-order chi connectivity index (χ1) is 15.1. The van der Waals surface area contributed by atoms with E-state index in [0.717, 1.165) is 31.5 Å². The van der Waals surface area contributed by atoms with Crippen LogP contribution in [0.3, 0.4) is 0 Å². The number of nitrogens with zero attached hydrogens (tertiary/aromatic N) is 1. The van der Waals surface area contributed by atoms with Crippen molar-refractivity contribution < 1.29 is 14.1 Å². The number of likely N-dealkylation sites (tertiary alicyclic amines) is 1. The molecule has 178 valence electrons. The number of ether oxygens (including phenoxy) is 1. The molecule has 0 aliphatic carbocycles. The fourth-order valence-corrected chi connectivity index (χ4v) is 5.17.